The molecular weight excluding hydrogens is 310 g/mol. The van der Waals surface area contributed by atoms with Crippen LogP contribution in [-0.2, 0) is 4.74 Å². The number of amides is 1. The van der Waals surface area contributed by atoms with Crippen molar-refractivity contribution in [3.63, 3.8) is 0 Å². The van der Waals surface area contributed by atoms with Gasteiger partial charge < -0.3 is 4.74 Å². The minimum absolute atomic E-state index is 0.416. The Morgan fingerprint density at radius 1 is 1.10 bits per heavy atom. The zero-order chi connectivity index (χ0) is 15.0. The molecule has 2 aromatic carbocycles. The van der Waals surface area contributed by atoms with Crippen LogP contribution in [0, 0.1) is 0 Å². The highest BCUT2D eigenvalue weighted by molar-refractivity contribution is 7.99. The van der Waals surface area contributed by atoms with E-state index in [1.54, 1.807) is 18.2 Å². The predicted octanol–water partition coefficient (Wildman–Crippen LogP) is 4.43. The highest BCUT2D eigenvalue weighted by Gasteiger charge is 2.27. The number of hydrogen-bond acceptors (Lipinski definition) is 4. The molecule has 0 saturated carbocycles. The zero-order valence-electron chi connectivity index (χ0n) is 11.0. The Morgan fingerprint density at radius 3 is 2.52 bits per heavy atom. The maximum atomic E-state index is 11.8. The summed E-state index contributed by atoms with van der Waals surface area (Å²) >= 11 is 7.21. The Labute approximate surface area is 130 Å². The third-order valence-corrected chi connectivity index (χ3v) is 4.40. The number of esters is 1. The van der Waals surface area contributed by atoms with Crippen molar-refractivity contribution in [2.45, 2.75) is 9.79 Å². The van der Waals surface area contributed by atoms with Gasteiger partial charge in [-0.15, -0.1) is 0 Å². The van der Waals surface area contributed by atoms with Crippen LogP contribution in [0.2, 0.25) is 0 Å². The molecule has 0 bridgehead atoms. The molecule has 4 nitrogen and oxygen atoms in total. The largest absolute Gasteiger partial charge is 0.465 e. The molecule has 1 aliphatic heterocycles. The van der Waals surface area contributed by atoms with Gasteiger partial charge in [-0.2, -0.15) is 0 Å². The van der Waals surface area contributed by atoms with Gasteiger partial charge in [0.2, 0.25) is 0 Å². The van der Waals surface area contributed by atoms with Crippen LogP contribution in [-0.4, -0.2) is 18.4 Å². The topological polar surface area (TPSA) is 46.6 Å². The predicted molar refractivity (Wildman–Crippen MR) is 81.7 cm³/mol. The van der Waals surface area contributed by atoms with E-state index in [0.717, 1.165) is 15.5 Å². The van der Waals surface area contributed by atoms with Gasteiger partial charge >= 0.3 is 11.3 Å². The van der Waals surface area contributed by atoms with Gasteiger partial charge in [0.15, 0.2) is 0 Å². The summed E-state index contributed by atoms with van der Waals surface area (Å²) < 4.78 is 4.72. The van der Waals surface area contributed by atoms with E-state index in [2.05, 4.69) is 0 Å². The fourth-order valence-corrected chi connectivity index (χ4v) is 3.47. The number of benzene rings is 2. The van der Waals surface area contributed by atoms with Crippen molar-refractivity contribution in [1.82, 2.24) is 0 Å². The Hall–Kier alpha value is -1.98. The fraction of sp³-hybridized carbons (Fsp3) is 0.0667. The molecule has 0 aromatic heterocycles. The molecule has 1 heterocycles. The van der Waals surface area contributed by atoms with E-state index < -0.39 is 11.3 Å². The number of ether oxygens (including phenoxy) is 1. The van der Waals surface area contributed by atoms with Crippen LogP contribution in [0.15, 0.2) is 52.3 Å². The van der Waals surface area contributed by atoms with Crippen molar-refractivity contribution >= 4 is 46.1 Å². The summed E-state index contributed by atoms with van der Waals surface area (Å²) in [5.41, 5.74) is 1.83. The van der Waals surface area contributed by atoms with Crippen LogP contribution in [0.3, 0.4) is 0 Å². The van der Waals surface area contributed by atoms with Gasteiger partial charge in [0.25, 0.3) is 0 Å². The standard InChI is InChI=1S/C15H10ClNO3S/c1-20-14(18)9-6-7-11-13(8-9)21-12-5-3-2-4-10(12)17(11)15(16)19/h2-8H,1H3. The number of carbonyl (C=O) groups excluding carboxylic acids is 2. The van der Waals surface area contributed by atoms with Gasteiger partial charge in [0.05, 0.1) is 24.0 Å². The smallest absolute Gasteiger partial charge is 0.337 e. The van der Waals surface area contributed by atoms with E-state index in [9.17, 15) is 9.59 Å². The summed E-state index contributed by atoms with van der Waals surface area (Å²) in [5, 5.41) is -0.588. The summed E-state index contributed by atoms with van der Waals surface area (Å²) in [4.78, 5) is 26.5. The van der Waals surface area contributed by atoms with Crippen molar-refractivity contribution < 1.29 is 14.3 Å². The number of rotatable bonds is 1. The van der Waals surface area contributed by atoms with Gasteiger partial charge in [-0.3, -0.25) is 9.69 Å². The highest BCUT2D eigenvalue weighted by Crippen LogP contribution is 2.48. The third-order valence-electron chi connectivity index (χ3n) is 3.12. The first-order valence-electron chi connectivity index (χ1n) is 6.10. The summed E-state index contributed by atoms with van der Waals surface area (Å²) in [6, 6.07) is 12.5. The second-order valence-electron chi connectivity index (χ2n) is 4.33. The summed E-state index contributed by atoms with van der Waals surface area (Å²) in [5.74, 6) is -0.416. The molecule has 106 valence electrons. The quantitative estimate of drug-likeness (QED) is 0.443. The maximum Gasteiger partial charge on any atom is 0.337 e. The average molecular weight is 320 g/mol. The van der Waals surface area contributed by atoms with Crippen LogP contribution in [0.5, 0.6) is 0 Å². The lowest BCUT2D eigenvalue weighted by Gasteiger charge is -2.29. The molecular formula is C15H10ClNO3S. The first-order valence-corrected chi connectivity index (χ1v) is 7.30. The Kier molecular flexibility index (Phi) is 3.61. The molecule has 0 fully saturated rings. The number of methoxy groups -OCH3 is 1. The van der Waals surface area contributed by atoms with Crippen molar-refractivity contribution in [2.75, 3.05) is 12.0 Å². The molecule has 0 radical (unpaired) electrons. The van der Waals surface area contributed by atoms with Crippen molar-refractivity contribution in [3.05, 3.63) is 48.0 Å². The Morgan fingerprint density at radius 2 is 1.81 bits per heavy atom. The number of fused-ring (bicyclic) bond motifs is 2. The fourth-order valence-electron chi connectivity index (χ4n) is 2.19. The summed E-state index contributed by atoms with van der Waals surface area (Å²) in [6.07, 6.45) is 0. The first kappa shape index (κ1) is 14.0. The third kappa shape index (κ3) is 2.39. The molecule has 0 N–H and O–H groups in total. The molecule has 1 amide bonds. The van der Waals surface area contributed by atoms with Gasteiger partial charge in [0.1, 0.15) is 0 Å². The highest BCUT2D eigenvalue weighted by atomic mass is 35.5. The molecule has 1 aliphatic rings. The van der Waals surface area contributed by atoms with E-state index in [-0.39, 0.29) is 0 Å². The molecule has 0 aliphatic carbocycles. The van der Waals surface area contributed by atoms with Gasteiger partial charge in [0, 0.05) is 9.79 Å². The maximum absolute atomic E-state index is 11.8. The number of anilines is 2. The molecule has 21 heavy (non-hydrogen) atoms. The minimum atomic E-state index is -0.588. The molecule has 2 aromatic rings. The zero-order valence-corrected chi connectivity index (χ0v) is 12.6. The van der Waals surface area contributed by atoms with E-state index >= 15 is 0 Å². The van der Waals surface area contributed by atoms with Crippen LogP contribution in [0.1, 0.15) is 10.4 Å². The number of nitrogens with zero attached hydrogens (tertiary/aromatic N) is 1. The lowest BCUT2D eigenvalue weighted by Crippen LogP contribution is -2.23. The lowest BCUT2D eigenvalue weighted by atomic mass is 10.1. The molecule has 0 unspecified atom stereocenters. The Balaban J connectivity index is 2.15. The van der Waals surface area contributed by atoms with Crippen molar-refractivity contribution in [1.29, 1.82) is 0 Å². The van der Waals surface area contributed by atoms with Gasteiger partial charge in [-0.1, -0.05) is 23.9 Å². The van der Waals surface area contributed by atoms with Crippen molar-refractivity contribution in [2.24, 2.45) is 0 Å². The lowest BCUT2D eigenvalue weighted by molar-refractivity contribution is 0.0600. The van der Waals surface area contributed by atoms with Crippen LogP contribution in [0.4, 0.5) is 16.2 Å². The number of para-hydroxylation sites is 1. The molecule has 0 spiro atoms. The van der Waals surface area contributed by atoms with E-state index in [4.69, 9.17) is 16.3 Å². The van der Waals surface area contributed by atoms with Crippen LogP contribution in [0.25, 0.3) is 0 Å². The van der Waals surface area contributed by atoms with Gasteiger partial charge in [-0.25, -0.2) is 4.79 Å². The second kappa shape index (κ2) is 5.42. The average Bonchev–Trinajstić information content (AvgIpc) is 2.50. The summed E-state index contributed by atoms with van der Waals surface area (Å²) in [7, 11) is 1.33. The van der Waals surface area contributed by atoms with Crippen LogP contribution < -0.4 is 4.90 Å². The molecule has 0 saturated heterocycles. The molecule has 3 rings (SSSR count). The molecule has 6 heteroatoms. The monoisotopic (exact) mass is 319 g/mol. The second-order valence-corrected chi connectivity index (χ2v) is 5.74. The number of halogens is 1. The van der Waals surface area contributed by atoms with E-state index in [0.29, 0.717) is 11.3 Å². The minimum Gasteiger partial charge on any atom is -0.465 e. The van der Waals surface area contributed by atoms with E-state index in [1.807, 2.05) is 24.3 Å². The van der Waals surface area contributed by atoms with Crippen molar-refractivity contribution in [3.8, 4) is 0 Å². The van der Waals surface area contributed by atoms with Crippen LogP contribution >= 0.6 is 23.4 Å². The number of carbonyl (C=O) groups is 2. The molecule has 0 atom stereocenters. The number of hydrogen-bond donors (Lipinski definition) is 0. The SMILES string of the molecule is COC(=O)c1ccc2c(c1)Sc1ccccc1N2C(=O)Cl. The normalized spacial score (nSPS) is 12.4. The Bertz CT molecular complexity index is 747. The summed E-state index contributed by atoms with van der Waals surface area (Å²) in [6.45, 7) is 0. The first-order chi connectivity index (χ1) is 10.1. The van der Waals surface area contributed by atoms with Gasteiger partial charge in [-0.05, 0) is 41.9 Å². The van der Waals surface area contributed by atoms with E-state index in [1.165, 1.54) is 23.8 Å².